The van der Waals surface area contributed by atoms with Gasteiger partial charge < -0.3 is 19.1 Å². The zero-order valence-electron chi connectivity index (χ0n) is 17.4. The van der Waals surface area contributed by atoms with Gasteiger partial charge in [-0.05, 0) is 58.0 Å². The topological polar surface area (TPSA) is 71.7 Å². The number of benzene rings is 1. The molecule has 2 aromatic rings. The number of hydrogen-bond acceptors (Lipinski definition) is 6. The lowest BCUT2D eigenvalue weighted by molar-refractivity contribution is -0.159. The number of nitrogens with zero attached hydrogens (tertiary/aromatic N) is 4. The summed E-state index contributed by atoms with van der Waals surface area (Å²) >= 11 is 0. The molecule has 3 saturated heterocycles. The van der Waals surface area contributed by atoms with Crippen LogP contribution in [0.4, 0.5) is 17.6 Å². The van der Waals surface area contributed by atoms with E-state index >= 15 is 4.39 Å². The first-order valence-electron chi connectivity index (χ1n) is 10.6. The quantitative estimate of drug-likeness (QED) is 0.647. The summed E-state index contributed by atoms with van der Waals surface area (Å²) in [6.45, 7) is 4.71. The van der Waals surface area contributed by atoms with E-state index in [0.29, 0.717) is 0 Å². The Morgan fingerprint density at radius 2 is 1.88 bits per heavy atom. The number of amides is 1. The second-order valence-electron chi connectivity index (χ2n) is 8.82. The molecule has 1 amide bonds. The standard InChI is InChI=1S/C21H22F4N4O3/c1-12-11-31-16-9-13(17-26-18(32-27-17)21(23,24)25)8-15(22)14(16)10-29(12)19(30)20-2-5-28(6-3-20)7-4-20/h8-9,12H,2-7,10-11H2,1H3/t12-/m0/s1. The number of fused-ring (bicyclic) bond motifs is 4. The first-order valence-corrected chi connectivity index (χ1v) is 10.6. The fourth-order valence-corrected chi connectivity index (χ4v) is 4.83. The third kappa shape index (κ3) is 3.52. The molecule has 5 heterocycles. The van der Waals surface area contributed by atoms with Crippen molar-refractivity contribution in [1.82, 2.24) is 19.9 Å². The molecule has 0 unspecified atom stereocenters. The summed E-state index contributed by atoms with van der Waals surface area (Å²) in [4.78, 5) is 20.9. The van der Waals surface area contributed by atoms with E-state index in [0.717, 1.165) is 45.0 Å². The highest BCUT2D eigenvalue weighted by Crippen LogP contribution is 2.43. The molecule has 0 saturated carbocycles. The molecule has 6 rings (SSSR count). The van der Waals surface area contributed by atoms with Gasteiger partial charge in [0.25, 0.3) is 0 Å². The highest BCUT2D eigenvalue weighted by Gasteiger charge is 2.48. The Labute approximate surface area is 181 Å². The van der Waals surface area contributed by atoms with E-state index in [-0.39, 0.29) is 47.8 Å². The number of halogens is 4. The predicted octanol–water partition coefficient (Wildman–Crippen LogP) is 3.49. The molecule has 1 aromatic heterocycles. The molecular weight excluding hydrogens is 432 g/mol. The molecule has 172 valence electrons. The summed E-state index contributed by atoms with van der Waals surface area (Å²) < 4.78 is 63.4. The maximum Gasteiger partial charge on any atom is 0.471 e. The average molecular weight is 454 g/mol. The second kappa shape index (κ2) is 7.43. The summed E-state index contributed by atoms with van der Waals surface area (Å²) in [7, 11) is 0. The van der Waals surface area contributed by atoms with Crippen molar-refractivity contribution in [2.45, 2.75) is 44.9 Å². The molecule has 11 heteroatoms. The van der Waals surface area contributed by atoms with Gasteiger partial charge in [0.2, 0.25) is 11.7 Å². The van der Waals surface area contributed by atoms with E-state index in [1.165, 1.54) is 6.07 Å². The molecule has 32 heavy (non-hydrogen) atoms. The normalized spacial score (nSPS) is 27.6. The van der Waals surface area contributed by atoms with Gasteiger partial charge in [-0.15, -0.1) is 0 Å². The van der Waals surface area contributed by atoms with Gasteiger partial charge in [-0.25, -0.2) is 4.39 Å². The van der Waals surface area contributed by atoms with Gasteiger partial charge in [-0.2, -0.15) is 18.2 Å². The molecule has 0 radical (unpaired) electrons. The van der Waals surface area contributed by atoms with Crippen LogP contribution in [0.3, 0.4) is 0 Å². The van der Waals surface area contributed by atoms with Crippen molar-refractivity contribution in [2.75, 3.05) is 26.2 Å². The highest BCUT2D eigenvalue weighted by atomic mass is 19.4. The second-order valence-corrected chi connectivity index (χ2v) is 8.82. The van der Waals surface area contributed by atoms with Crippen molar-refractivity contribution in [3.8, 4) is 17.1 Å². The van der Waals surface area contributed by atoms with Crippen molar-refractivity contribution >= 4 is 5.91 Å². The van der Waals surface area contributed by atoms with Crippen molar-refractivity contribution in [2.24, 2.45) is 5.41 Å². The lowest BCUT2D eigenvalue weighted by Crippen LogP contribution is -2.57. The fraction of sp³-hybridized carbons (Fsp3) is 0.571. The lowest BCUT2D eigenvalue weighted by Gasteiger charge is -2.49. The zero-order valence-corrected chi connectivity index (χ0v) is 17.4. The SMILES string of the molecule is C[C@H]1COc2cc(-c3noc(C(F)(F)F)n3)cc(F)c2CN1C(=O)C12CCN(CC1)CC2. The van der Waals surface area contributed by atoms with E-state index < -0.39 is 23.3 Å². The van der Waals surface area contributed by atoms with Crippen LogP contribution in [0.5, 0.6) is 5.75 Å². The van der Waals surface area contributed by atoms with Crippen LogP contribution in [0.15, 0.2) is 16.7 Å². The Morgan fingerprint density at radius 1 is 1.19 bits per heavy atom. The molecule has 0 aliphatic carbocycles. The van der Waals surface area contributed by atoms with Gasteiger partial charge in [0.15, 0.2) is 0 Å². The Kier molecular flexibility index (Phi) is 4.92. The van der Waals surface area contributed by atoms with Crippen molar-refractivity contribution < 1.29 is 31.6 Å². The maximum atomic E-state index is 15.1. The van der Waals surface area contributed by atoms with Crippen LogP contribution < -0.4 is 4.74 Å². The van der Waals surface area contributed by atoms with E-state index in [9.17, 15) is 18.0 Å². The minimum Gasteiger partial charge on any atom is -0.491 e. The van der Waals surface area contributed by atoms with Gasteiger partial charge in [0.05, 0.1) is 18.0 Å². The summed E-state index contributed by atoms with van der Waals surface area (Å²) in [5, 5.41) is 3.31. The van der Waals surface area contributed by atoms with E-state index in [1.807, 2.05) is 6.92 Å². The Balaban J connectivity index is 1.45. The zero-order chi connectivity index (χ0) is 22.7. The van der Waals surface area contributed by atoms with Crippen LogP contribution in [0.25, 0.3) is 11.4 Å². The largest absolute Gasteiger partial charge is 0.491 e. The van der Waals surface area contributed by atoms with Crippen molar-refractivity contribution in [1.29, 1.82) is 0 Å². The number of piperidine rings is 3. The Hall–Kier alpha value is -2.69. The van der Waals surface area contributed by atoms with Crippen molar-refractivity contribution in [3.63, 3.8) is 0 Å². The molecule has 7 nitrogen and oxygen atoms in total. The monoisotopic (exact) mass is 454 g/mol. The van der Waals surface area contributed by atoms with Crippen LogP contribution in [-0.4, -0.2) is 58.1 Å². The fourth-order valence-electron chi connectivity index (χ4n) is 4.83. The number of rotatable bonds is 2. The third-order valence-corrected chi connectivity index (χ3v) is 6.86. The minimum atomic E-state index is -4.79. The van der Waals surface area contributed by atoms with Crippen LogP contribution in [-0.2, 0) is 17.5 Å². The summed E-state index contributed by atoms with van der Waals surface area (Å²) in [6.07, 6.45) is -2.41. The summed E-state index contributed by atoms with van der Waals surface area (Å²) in [6, 6.07) is 2.15. The van der Waals surface area contributed by atoms with Gasteiger partial charge in [0, 0.05) is 11.1 Å². The molecule has 4 aliphatic heterocycles. The summed E-state index contributed by atoms with van der Waals surface area (Å²) in [5.41, 5.74) is -0.218. The van der Waals surface area contributed by atoms with Gasteiger partial charge in [0.1, 0.15) is 18.2 Å². The van der Waals surface area contributed by atoms with Gasteiger partial charge >= 0.3 is 12.1 Å². The Bertz CT molecular complexity index is 1030. The predicted molar refractivity (Wildman–Crippen MR) is 103 cm³/mol. The number of alkyl halides is 3. The molecule has 1 atom stereocenters. The number of carbonyl (C=O) groups excluding carboxylic acids is 1. The Morgan fingerprint density at radius 3 is 2.50 bits per heavy atom. The van der Waals surface area contributed by atoms with E-state index in [2.05, 4.69) is 19.6 Å². The molecular formula is C21H22F4N4O3. The number of aromatic nitrogens is 2. The molecule has 4 aliphatic rings. The van der Waals surface area contributed by atoms with Gasteiger partial charge in [-0.1, -0.05) is 5.16 Å². The number of carbonyl (C=O) groups is 1. The number of ether oxygens (including phenoxy) is 1. The van der Waals surface area contributed by atoms with Crippen molar-refractivity contribution in [3.05, 3.63) is 29.4 Å². The van der Waals surface area contributed by atoms with Crippen LogP contribution >= 0.6 is 0 Å². The van der Waals surface area contributed by atoms with E-state index in [4.69, 9.17) is 4.74 Å². The lowest BCUT2D eigenvalue weighted by atomic mass is 9.71. The molecule has 2 bridgehead atoms. The van der Waals surface area contributed by atoms with Crippen LogP contribution in [0.2, 0.25) is 0 Å². The third-order valence-electron chi connectivity index (χ3n) is 6.86. The van der Waals surface area contributed by atoms with Gasteiger partial charge in [-0.3, -0.25) is 4.79 Å². The highest BCUT2D eigenvalue weighted by molar-refractivity contribution is 5.83. The first kappa shape index (κ1) is 21.2. The molecule has 1 aromatic carbocycles. The van der Waals surface area contributed by atoms with E-state index in [1.54, 1.807) is 4.90 Å². The molecule has 0 spiro atoms. The number of hydrogen-bond donors (Lipinski definition) is 0. The smallest absolute Gasteiger partial charge is 0.471 e. The molecule has 3 fully saturated rings. The minimum absolute atomic E-state index is 0.00572. The maximum absolute atomic E-state index is 15.1. The summed E-state index contributed by atoms with van der Waals surface area (Å²) in [5.74, 6) is -2.40. The van der Waals surface area contributed by atoms with Crippen LogP contribution in [0, 0.1) is 11.2 Å². The molecule has 0 N–H and O–H groups in total. The average Bonchev–Trinajstić information content (AvgIpc) is 3.22. The first-order chi connectivity index (χ1) is 15.2. The van der Waals surface area contributed by atoms with Crippen LogP contribution in [0.1, 0.15) is 37.6 Å².